The van der Waals surface area contributed by atoms with Gasteiger partial charge in [-0.15, -0.1) is 0 Å². The zero-order valence-electron chi connectivity index (χ0n) is 14.3. The maximum absolute atomic E-state index is 12.8. The average Bonchev–Trinajstić information content (AvgIpc) is 2.54. The number of nitrogens with zero attached hydrogens (tertiary/aromatic N) is 1. The molecule has 1 aliphatic rings. The van der Waals surface area contributed by atoms with E-state index in [0.717, 1.165) is 12.8 Å². The molecule has 24 heavy (non-hydrogen) atoms. The number of nitrogens with one attached hydrogen (secondary N) is 1. The van der Waals surface area contributed by atoms with Crippen molar-refractivity contribution in [2.75, 3.05) is 13.1 Å². The van der Waals surface area contributed by atoms with E-state index in [0.29, 0.717) is 36.0 Å². The van der Waals surface area contributed by atoms with Crippen LogP contribution in [0.5, 0.6) is 0 Å². The van der Waals surface area contributed by atoms with Crippen LogP contribution in [0, 0.1) is 5.92 Å². The third-order valence-corrected chi connectivity index (χ3v) is 4.45. The predicted octanol–water partition coefficient (Wildman–Crippen LogP) is 3.66. The Labute approximate surface area is 148 Å². The molecule has 0 aliphatic carbocycles. The van der Waals surface area contributed by atoms with E-state index in [1.54, 1.807) is 24.3 Å². The number of piperidine rings is 1. The minimum atomic E-state index is -0.500. The summed E-state index contributed by atoms with van der Waals surface area (Å²) in [5.41, 5.74) is 1.69. The molecule has 5 heteroatoms. The van der Waals surface area contributed by atoms with Crippen molar-refractivity contribution < 1.29 is 9.59 Å². The maximum Gasteiger partial charge on any atom is 0.251 e. The summed E-state index contributed by atoms with van der Waals surface area (Å²) in [6.45, 7) is 9.44. The van der Waals surface area contributed by atoms with Crippen LogP contribution in [-0.2, 0) is 4.79 Å². The Balaban J connectivity index is 2.06. The monoisotopic (exact) mass is 348 g/mol. The number of amides is 2. The first kappa shape index (κ1) is 18.5. The molecule has 2 amide bonds. The van der Waals surface area contributed by atoms with Crippen molar-refractivity contribution in [2.45, 2.75) is 39.2 Å². The van der Waals surface area contributed by atoms with Crippen molar-refractivity contribution in [1.29, 1.82) is 0 Å². The van der Waals surface area contributed by atoms with Crippen LogP contribution in [0.2, 0.25) is 5.02 Å². The molecule has 1 fully saturated rings. The molecule has 0 saturated carbocycles. The van der Waals surface area contributed by atoms with Gasteiger partial charge in [0.1, 0.15) is 6.04 Å². The number of likely N-dealkylation sites (tertiary alicyclic amines) is 1. The molecule has 1 N–H and O–H groups in total. The van der Waals surface area contributed by atoms with E-state index in [4.69, 9.17) is 11.6 Å². The van der Waals surface area contributed by atoms with Crippen molar-refractivity contribution in [2.24, 2.45) is 5.92 Å². The van der Waals surface area contributed by atoms with Crippen molar-refractivity contribution in [3.05, 3.63) is 47.0 Å². The predicted molar refractivity (Wildman–Crippen MR) is 97.1 cm³/mol. The lowest BCUT2D eigenvalue weighted by Crippen LogP contribution is -2.50. The molecule has 1 aromatic carbocycles. The first-order valence-electron chi connectivity index (χ1n) is 8.38. The van der Waals surface area contributed by atoms with Gasteiger partial charge in [0.25, 0.3) is 5.91 Å². The number of hydrogen-bond acceptors (Lipinski definition) is 2. The Bertz CT molecular complexity index is 600. The normalized spacial score (nSPS) is 16.2. The average molecular weight is 349 g/mol. The van der Waals surface area contributed by atoms with Gasteiger partial charge in [-0.1, -0.05) is 37.6 Å². The summed E-state index contributed by atoms with van der Waals surface area (Å²) in [7, 11) is 0. The molecule has 0 radical (unpaired) electrons. The second kappa shape index (κ2) is 8.34. The fraction of sp³-hybridized carbons (Fsp3) is 0.474. The number of carbonyl (C=O) groups excluding carboxylic acids is 2. The van der Waals surface area contributed by atoms with Gasteiger partial charge in [-0.3, -0.25) is 9.59 Å². The van der Waals surface area contributed by atoms with Crippen molar-refractivity contribution in [3.8, 4) is 0 Å². The summed E-state index contributed by atoms with van der Waals surface area (Å²) in [5.74, 6) is 0.0647. The van der Waals surface area contributed by atoms with Crippen LogP contribution in [0.15, 0.2) is 36.4 Å². The third kappa shape index (κ3) is 5.10. The molecule has 2 rings (SSSR count). The lowest BCUT2D eigenvalue weighted by atomic mass is 10.00. The van der Waals surface area contributed by atoms with Crippen LogP contribution < -0.4 is 5.32 Å². The summed E-state index contributed by atoms with van der Waals surface area (Å²) in [6.07, 6.45) is 2.30. The lowest BCUT2D eigenvalue weighted by Gasteiger charge is -2.32. The maximum atomic E-state index is 12.8. The van der Waals surface area contributed by atoms with E-state index in [1.807, 2.05) is 18.7 Å². The molecule has 1 unspecified atom stereocenters. The fourth-order valence-electron chi connectivity index (χ4n) is 2.80. The zero-order valence-corrected chi connectivity index (χ0v) is 15.1. The number of benzene rings is 1. The molecule has 1 aromatic rings. The van der Waals surface area contributed by atoms with E-state index in [2.05, 4.69) is 11.9 Å². The summed E-state index contributed by atoms with van der Waals surface area (Å²) >= 11 is 5.86. The number of carbonyl (C=O) groups is 2. The Kier molecular flexibility index (Phi) is 6.44. The Morgan fingerprint density at radius 1 is 1.21 bits per heavy atom. The van der Waals surface area contributed by atoms with Crippen molar-refractivity contribution in [3.63, 3.8) is 0 Å². The van der Waals surface area contributed by atoms with Crippen LogP contribution in [0.1, 0.15) is 43.5 Å². The second-order valence-electron chi connectivity index (χ2n) is 6.74. The summed E-state index contributed by atoms with van der Waals surface area (Å²) < 4.78 is 0. The second-order valence-corrected chi connectivity index (χ2v) is 7.17. The molecule has 0 bridgehead atoms. The standard InChI is InChI=1S/C19H25ClN2O2/c1-13(2)12-17(19(24)22-10-8-14(3)9-11-22)21-18(23)15-4-6-16(20)7-5-15/h4-7,13,17H,3,8-12H2,1-2H3,(H,21,23). The minimum absolute atomic E-state index is 0.00138. The fourth-order valence-corrected chi connectivity index (χ4v) is 2.93. The summed E-state index contributed by atoms with van der Waals surface area (Å²) in [4.78, 5) is 27.1. The molecular formula is C19H25ClN2O2. The van der Waals surface area contributed by atoms with Gasteiger partial charge in [-0.2, -0.15) is 0 Å². The van der Waals surface area contributed by atoms with Gasteiger partial charge in [-0.05, 0) is 49.4 Å². The Morgan fingerprint density at radius 2 is 1.79 bits per heavy atom. The molecule has 0 aromatic heterocycles. The number of hydrogen-bond donors (Lipinski definition) is 1. The topological polar surface area (TPSA) is 49.4 Å². The van der Waals surface area contributed by atoms with E-state index in [9.17, 15) is 9.59 Å². The molecule has 1 heterocycles. The van der Waals surface area contributed by atoms with Crippen molar-refractivity contribution in [1.82, 2.24) is 10.2 Å². The van der Waals surface area contributed by atoms with Gasteiger partial charge in [0.2, 0.25) is 5.91 Å². The highest BCUT2D eigenvalue weighted by atomic mass is 35.5. The van der Waals surface area contributed by atoms with Crippen LogP contribution in [0.25, 0.3) is 0 Å². The highest BCUT2D eigenvalue weighted by molar-refractivity contribution is 6.30. The SMILES string of the molecule is C=C1CCN(C(=O)C(CC(C)C)NC(=O)c2ccc(Cl)cc2)CC1. The van der Waals surface area contributed by atoms with Crippen LogP contribution in [0.4, 0.5) is 0 Å². The van der Waals surface area contributed by atoms with E-state index in [-0.39, 0.29) is 11.8 Å². The van der Waals surface area contributed by atoms with Gasteiger partial charge in [0, 0.05) is 23.7 Å². The molecule has 4 nitrogen and oxygen atoms in total. The quantitative estimate of drug-likeness (QED) is 0.825. The molecule has 1 atom stereocenters. The highest BCUT2D eigenvalue weighted by Crippen LogP contribution is 2.17. The summed E-state index contributed by atoms with van der Waals surface area (Å²) in [6, 6.07) is 6.18. The first-order valence-corrected chi connectivity index (χ1v) is 8.76. The third-order valence-electron chi connectivity index (χ3n) is 4.20. The van der Waals surface area contributed by atoms with Crippen LogP contribution in [0.3, 0.4) is 0 Å². The van der Waals surface area contributed by atoms with Gasteiger partial charge in [0.05, 0.1) is 0 Å². The summed E-state index contributed by atoms with van der Waals surface area (Å²) in [5, 5.41) is 3.48. The molecule has 130 valence electrons. The lowest BCUT2D eigenvalue weighted by molar-refractivity contribution is -0.134. The van der Waals surface area contributed by atoms with E-state index in [1.165, 1.54) is 5.57 Å². The van der Waals surface area contributed by atoms with Gasteiger partial charge in [-0.25, -0.2) is 0 Å². The van der Waals surface area contributed by atoms with Gasteiger partial charge < -0.3 is 10.2 Å². The Hall–Kier alpha value is -1.81. The first-order chi connectivity index (χ1) is 11.4. The van der Waals surface area contributed by atoms with Crippen LogP contribution in [-0.4, -0.2) is 35.8 Å². The van der Waals surface area contributed by atoms with Crippen LogP contribution >= 0.6 is 11.6 Å². The van der Waals surface area contributed by atoms with E-state index < -0.39 is 6.04 Å². The molecule has 1 aliphatic heterocycles. The minimum Gasteiger partial charge on any atom is -0.340 e. The Morgan fingerprint density at radius 3 is 2.33 bits per heavy atom. The molecule has 0 spiro atoms. The van der Waals surface area contributed by atoms with Gasteiger partial charge in [0.15, 0.2) is 0 Å². The zero-order chi connectivity index (χ0) is 17.7. The van der Waals surface area contributed by atoms with E-state index >= 15 is 0 Å². The number of rotatable bonds is 5. The number of halogens is 1. The van der Waals surface area contributed by atoms with Gasteiger partial charge >= 0.3 is 0 Å². The smallest absolute Gasteiger partial charge is 0.251 e. The largest absolute Gasteiger partial charge is 0.340 e. The molecular weight excluding hydrogens is 324 g/mol. The molecule has 1 saturated heterocycles. The highest BCUT2D eigenvalue weighted by Gasteiger charge is 2.28. The van der Waals surface area contributed by atoms with Crippen molar-refractivity contribution >= 4 is 23.4 Å².